The van der Waals surface area contributed by atoms with E-state index >= 15 is 0 Å². The monoisotopic (exact) mass is 212 g/mol. The van der Waals surface area contributed by atoms with Crippen LogP contribution in [0, 0.1) is 6.92 Å². The van der Waals surface area contributed by atoms with E-state index in [1.54, 1.807) is 6.92 Å². The van der Waals surface area contributed by atoms with E-state index < -0.39 is 0 Å². The predicted molar refractivity (Wildman–Crippen MR) is 50.3 cm³/mol. The van der Waals surface area contributed by atoms with Crippen molar-refractivity contribution in [1.29, 1.82) is 0 Å². The summed E-state index contributed by atoms with van der Waals surface area (Å²) in [5.74, 6) is 0.191. The molecule has 2 heterocycles. The smallest absolute Gasteiger partial charge is 0.322 e. The Morgan fingerprint density at radius 2 is 2.47 bits per heavy atom. The molecule has 1 atom stereocenters. The van der Waals surface area contributed by atoms with Crippen molar-refractivity contribution >= 4 is 11.9 Å². The van der Waals surface area contributed by atoms with Gasteiger partial charge in [0.2, 0.25) is 11.8 Å². The molecular formula is C8H12N4O3. The maximum absolute atomic E-state index is 11.6. The molecule has 0 spiro atoms. The fraction of sp³-hybridized carbons (Fsp3) is 0.625. The number of hydrogen-bond acceptors (Lipinski definition) is 6. The van der Waals surface area contributed by atoms with Crippen molar-refractivity contribution in [3.05, 3.63) is 5.89 Å². The zero-order valence-electron chi connectivity index (χ0n) is 8.32. The highest BCUT2D eigenvalue weighted by atomic mass is 16.5. The Kier molecular flexibility index (Phi) is 2.93. The number of anilines is 1. The molecule has 1 aromatic rings. The molecule has 1 saturated heterocycles. The summed E-state index contributed by atoms with van der Waals surface area (Å²) in [4.78, 5) is 11.6. The number of nitrogens with one attached hydrogen (secondary N) is 2. The number of amides is 1. The molecule has 1 unspecified atom stereocenters. The van der Waals surface area contributed by atoms with Gasteiger partial charge in [-0.15, -0.1) is 5.10 Å². The molecule has 0 radical (unpaired) electrons. The van der Waals surface area contributed by atoms with Crippen LogP contribution in [-0.4, -0.2) is 41.9 Å². The fourth-order valence-corrected chi connectivity index (χ4v) is 1.27. The number of rotatable bonds is 2. The first-order valence-electron chi connectivity index (χ1n) is 4.68. The number of carbonyl (C=O) groups excluding carboxylic acids is 1. The van der Waals surface area contributed by atoms with Crippen LogP contribution >= 0.6 is 0 Å². The number of aromatic nitrogens is 2. The molecule has 1 fully saturated rings. The predicted octanol–water partition coefficient (Wildman–Crippen LogP) is -0.695. The second-order valence-electron chi connectivity index (χ2n) is 3.20. The summed E-state index contributed by atoms with van der Waals surface area (Å²) >= 11 is 0. The van der Waals surface area contributed by atoms with Crippen molar-refractivity contribution in [2.45, 2.75) is 13.0 Å². The summed E-state index contributed by atoms with van der Waals surface area (Å²) in [5, 5.41) is 12.8. The lowest BCUT2D eigenvalue weighted by Crippen LogP contribution is -2.48. The van der Waals surface area contributed by atoms with Crippen LogP contribution in [0.1, 0.15) is 5.89 Å². The van der Waals surface area contributed by atoms with E-state index in [1.165, 1.54) is 0 Å². The molecule has 15 heavy (non-hydrogen) atoms. The lowest BCUT2D eigenvalue weighted by molar-refractivity contribution is -0.120. The number of aryl methyl sites for hydroxylation is 1. The molecule has 1 aromatic heterocycles. The third-order valence-corrected chi connectivity index (χ3v) is 1.99. The van der Waals surface area contributed by atoms with Gasteiger partial charge < -0.3 is 14.5 Å². The lowest BCUT2D eigenvalue weighted by Gasteiger charge is -2.21. The van der Waals surface area contributed by atoms with Gasteiger partial charge >= 0.3 is 6.01 Å². The molecule has 1 aliphatic rings. The second-order valence-corrected chi connectivity index (χ2v) is 3.20. The van der Waals surface area contributed by atoms with Crippen molar-refractivity contribution in [3.63, 3.8) is 0 Å². The number of carbonyl (C=O) groups is 1. The van der Waals surface area contributed by atoms with Crippen molar-refractivity contribution < 1.29 is 13.9 Å². The zero-order valence-corrected chi connectivity index (χ0v) is 8.32. The van der Waals surface area contributed by atoms with E-state index in [2.05, 4.69) is 20.8 Å². The molecule has 82 valence electrons. The van der Waals surface area contributed by atoms with Crippen molar-refractivity contribution in [2.75, 3.05) is 25.1 Å². The normalized spacial score (nSPS) is 21.3. The van der Waals surface area contributed by atoms with E-state index in [0.29, 0.717) is 25.6 Å². The molecule has 0 aliphatic carbocycles. The molecule has 2 rings (SSSR count). The molecule has 1 amide bonds. The van der Waals surface area contributed by atoms with E-state index in [1.807, 2.05) is 0 Å². The van der Waals surface area contributed by atoms with Gasteiger partial charge in [0.15, 0.2) is 0 Å². The summed E-state index contributed by atoms with van der Waals surface area (Å²) in [5.41, 5.74) is 0. The molecule has 1 aliphatic heterocycles. The Labute approximate surface area is 86.2 Å². The van der Waals surface area contributed by atoms with Crippen LogP contribution in [-0.2, 0) is 9.53 Å². The summed E-state index contributed by atoms with van der Waals surface area (Å²) in [6.45, 7) is 3.31. The zero-order chi connectivity index (χ0) is 10.7. The van der Waals surface area contributed by atoms with Crippen LogP contribution in [0.3, 0.4) is 0 Å². The molecule has 2 N–H and O–H groups in total. The molecule has 0 saturated carbocycles. The van der Waals surface area contributed by atoms with Gasteiger partial charge in [0, 0.05) is 13.5 Å². The largest absolute Gasteiger partial charge is 0.408 e. The highest BCUT2D eigenvalue weighted by Gasteiger charge is 2.22. The maximum atomic E-state index is 11.6. The summed E-state index contributed by atoms with van der Waals surface area (Å²) in [7, 11) is 0. The maximum Gasteiger partial charge on any atom is 0.322 e. The highest BCUT2D eigenvalue weighted by Crippen LogP contribution is 2.05. The molecule has 7 nitrogen and oxygen atoms in total. The average molecular weight is 212 g/mol. The van der Waals surface area contributed by atoms with Crippen LogP contribution in [0.25, 0.3) is 0 Å². The van der Waals surface area contributed by atoms with E-state index in [0.717, 1.165) is 0 Å². The van der Waals surface area contributed by atoms with Gasteiger partial charge in [-0.25, -0.2) is 0 Å². The third-order valence-electron chi connectivity index (χ3n) is 1.99. The van der Waals surface area contributed by atoms with Crippen LogP contribution < -0.4 is 10.6 Å². The first-order chi connectivity index (χ1) is 7.25. The average Bonchev–Trinajstić information content (AvgIpc) is 2.65. The minimum absolute atomic E-state index is 0.116. The third kappa shape index (κ3) is 2.51. The van der Waals surface area contributed by atoms with Gasteiger partial charge in [-0.05, 0) is 0 Å². The van der Waals surface area contributed by atoms with Crippen molar-refractivity contribution in [2.24, 2.45) is 0 Å². The number of morpholine rings is 1. The van der Waals surface area contributed by atoms with Gasteiger partial charge in [-0.1, -0.05) is 5.10 Å². The van der Waals surface area contributed by atoms with E-state index in [4.69, 9.17) is 9.15 Å². The standard InChI is InChI=1S/C8H12N4O3/c1-5-11-12-8(15-5)10-7(13)6-4-14-3-2-9-6/h6,9H,2-4H2,1H3,(H,10,12,13). The summed E-state index contributed by atoms with van der Waals surface area (Å²) in [6.07, 6.45) is 0. The minimum atomic E-state index is -0.356. The Balaban J connectivity index is 1.91. The Morgan fingerprint density at radius 3 is 3.07 bits per heavy atom. The van der Waals surface area contributed by atoms with Gasteiger partial charge in [0.05, 0.1) is 13.2 Å². The summed E-state index contributed by atoms with van der Waals surface area (Å²) in [6, 6.07) is -0.240. The SMILES string of the molecule is Cc1nnc(NC(=O)C2COCCN2)o1. The van der Waals surface area contributed by atoms with E-state index in [9.17, 15) is 4.79 Å². The molecule has 0 aromatic carbocycles. The van der Waals surface area contributed by atoms with Gasteiger partial charge in [0.1, 0.15) is 6.04 Å². The first-order valence-corrected chi connectivity index (χ1v) is 4.68. The molecule has 7 heteroatoms. The van der Waals surface area contributed by atoms with Crippen molar-refractivity contribution in [1.82, 2.24) is 15.5 Å². The quantitative estimate of drug-likeness (QED) is 0.674. The number of hydrogen-bond donors (Lipinski definition) is 2. The van der Waals surface area contributed by atoms with Crippen LogP contribution in [0.2, 0.25) is 0 Å². The van der Waals surface area contributed by atoms with Crippen LogP contribution in [0.15, 0.2) is 4.42 Å². The van der Waals surface area contributed by atoms with Gasteiger partial charge in [-0.2, -0.15) is 0 Å². The Hall–Kier alpha value is -1.47. The fourth-order valence-electron chi connectivity index (χ4n) is 1.27. The Morgan fingerprint density at radius 1 is 1.60 bits per heavy atom. The highest BCUT2D eigenvalue weighted by molar-refractivity contribution is 5.93. The van der Waals surface area contributed by atoms with Crippen LogP contribution in [0.5, 0.6) is 0 Å². The second kappa shape index (κ2) is 4.37. The van der Waals surface area contributed by atoms with E-state index in [-0.39, 0.29) is 18.0 Å². The lowest BCUT2D eigenvalue weighted by atomic mass is 10.2. The topological polar surface area (TPSA) is 89.3 Å². The first kappa shape index (κ1) is 10.1. The number of nitrogens with zero attached hydrogens (tertiary/aromatic N) is 2. The van der Waals surface area contributed by atoms with Gasteiger partial charge in [-0.3, -0.25) is 10.1 Å². The molecule has 0 bridgehead atoms. The number of ether oxygens (including phenoxy) is 1. The minimum Gasteiger partial charge on any atom is -0.408 e. The van der Waals surface area contributed by atoms with Crippen LogP contribution in [0.4, 0.5) is 6.01 Å². The Bertz CT molecular complexity index is 345. The molecular weight excluding hydrogens is 200 g/mol. The summed E-state index contributed by atoms with van der Waals surface area (Å²) < 4.78 is 10.2. The van der Waals surface area contributed by atoms with Gasteiger partial charge in [0.25, 0.3) is 0 Å². The van der Waals surface area contributed by atoms with Crippen molar-refractivity contribution in [3.8, 4) is 0 Å².